The zero-order valence-corrected chi connectivity index (χ0v) is 10.5. The minimum atomic E-state index is -1.08. The van der Waals surface area contributed by atoms with Crippen LogP contribution in [-0.4, -0.2) is 10.8 Å². The number of amidine groups is 1. The van der Waals surface area contributed by atoms with Crippen LogP contribution in [0.5, 0.6) is 11.5 Å². The quantitative estimate of drug-likeness (QED) is 0.391. The molecule has 0 saturated heterocycles. The molecular formula is C13H9F2N3O3. The van der Waals surface area contributed by atoms with Crippen molar-refractivity contribution in [3.05, 3.63) is 63.7 Å². The lowest BCUT2D eigenvalue weighted by molar-refractivity contribution is -0.387. The normalized spacial score (nSPS) is 10.2. The highest BCUT2D eigenvalue weighted by Crippen LogP contribution is 2.28. The first kappa shape index (κ1) is 14.4. The number of nitrogens with zero attached hydrogens (tertiary/aromatic N) is 1. The average Bonchev–Trinajstić information content (AvgIpc) is 2.40. The van der Waals surface area contributed by atoms with Gasteiger partial charge in [-0.2, -0.15) is 4.39 Å². The Kier molecular flexibility index (Phi) is 3.79. The molecule has 108 valence electrons. The topological polar surface area (TPSA) is 102 Å². The standard InChI is InChI=1S/C13H9F2N3O3/c14-9-6-8(2-3-11(9)18(19)20)21-12-4-1-7(13(16)17)5-10(12)15/h1-6H,(H3,16,17). The molecule has 2 rings (SSSR count). The number of ether oxygens (including phenoxy) is 1. The van der Waals surface area contributed by atoms with E-state index in [1.165, 1.54) is 12.1 Å². The molecule has 0 aliphatic carbocycles. The molecule has 0 atom stereocenters. The Morgan fingerprint density at radius 2 is 1.90 bits per heavy atom. The lowest BCUT2D eigenvalue weighted by Gasteiger charge is -2.08. The summed E-state index contributed by atoms with van der Waals surface area (Å²) in [5, 5.41) is 17.7. The fourth-order valence-corrected chi connectivity index (χ4v) is 1.58. The van der Waals surface area contributed by atoms with E-state index < -0.39 is 22.2 Å². The molecule has 2 aromatic rings. The van der Waals surface area contributed by atoms with Crippen LogP contribution in [0.15, 0.2) is 36.4 Å². The van der Waals surface area contributed by atoms with Crippen molar-refractivity contribution < 1.29 is 18.4 Å². The summed E-state index contributed by atoms with van der Waals surface area (Å²) in [5.41, 5.74) is 4.69. The second-order valence-electron chi connectivity index (χ2n) is 4.03. The maximum absolute atomic E-state index is 13.7. The predicted molar refractivity (Wildman–Crippen MR) is 70.5 cm³/mol. The van der Waals surface area contributed by atoms with Crippen molar-refractivity contribution >= 4 is 11.5 Å². The summed E-state index contributed by atoms with van der Waals surface area (Å²) in [4.78, 5) is 9.61. The third-order valence-electron chi connectivity index (χ3n) is 2.59. The van der Waals surface area contributed by atoms with E-state index >= 15 is 0 Å². The van der Waals surface area contributed by atoms with Crippen molar-refractivity contribution in [1.29, 1.82) is 5.41 Å². The molecular weight excluding hydrogens is 284 g/mol. The van der Waals surface area contributed by atoms with Gasteiger partial charge in [0, 0.05) is 17.7 Å². The van der Waals surface area contributed by atoms with E-state index in [4.69, 9.17) is 15.9 Å². The molecule has 0 saturated carbocycles. The number of nitro groups is 1. The fraction of sp³-hybridized carbons (Fsp3) is 0. The summed E-state index contributed by atoms with van der Waals surface area (Å²) in [6.45, 7) is 0. The highest BCUT2D eigenvalue weighted by atomic mass is 19.1. The van der Waals surface area contributed by atoms with Gasteiger partial charge in [-0.05, 0) is 24.3 Å². The van der Waals surface area contributed by atoms with Gasteiger partial charge in [-0.3, -0.25) is 15.5 Å². The van der Waals surface area contributed by atoms with Gasteiger partial charge in [-0.25, -0.2) is 4.39 Å². The zero-order chi connectivity index (χ0) is 15.6. The molecule has 6 nitrogen and oxygen atoms in total. The summed E-state index contributed by atoms with van der Waals surface area (Å²) in [6, 6.07) is 6.45. The molecule has 0 spiro atoms. The van der Waals surface area contributed by atoms with E-state index in [0.717, 1.165) is 24.3 Å². The van der Waals surface area contributed by atoms with Crippen LogP contribution in [0.2, 0.25) is 0 Å². The molecule has 0 aliphatic rings. The van der Waals surface area contributed by atoms with Gasteiger partial charge in [0.25, 0.3) is 0 Å². The van der Waals surface area contributed by atoms with Crippen LogP contribution in [0, 0.1) is 27.2 Å². The van der Waals surface area contributed by atoms with E-state index in [1.54, 1.807) is 0 Å². The van der Waals surface area contributed by atoms with E-state index in [9.17, 15) is 18.9 Å². The molecule has 0 bridgehead atoms. The Balaban J connectivity index is 2.28. The SMILES string of the molecule is N=C(N)c1ccc(Oc2ccc([N+](=O)[O-])c(F)c2)c(F)c1. The van der Waals surface area contributed by atoms with E-state index in [1.807, 2.05) is 0 Å². The molecule has 21 heavy (non-hydrogen) atoms. The van der Waals surface area contributed by atoms with Gasteiger partial charge in [0.2, 0.25) is 5.82 Å². The van der Waals surface area contributed by atoms with Crippen molar-refractivity contribution in [1.82, 2.24) is 0 Å². The first-order valence-corrected chi connectivity index (χ1v) is 5.64. The van der Waals surface area contributed by atoms with Crippen molar-refractivity contribution in [2.75, 3.05) is 0 Å². The van der Waals surface area contributed by atoms with Gasteiger partial charge >= 0.3 is 5.69 Å². The minimum absolute atomic E-state index is 0.0902. The third kappa shape index (κ3) is 3.11. The van der Waals surface area contributed by atoms with Crippen molar-refractivity contribution in [2.24, 2.45) is 5.73 Å². The molecule has 0 aromatic heterocycles. The lowest BCUT2D eigenvalue weighted by Crippen LogP contribution is -2.11. The molecule has 0 heterocycles. The van der Waals surface area contributed by atoms with Crippen molar-refractivity contribution in [3.63, 3.8) is 0 Å². The molecule has 2 aromatic carbocycles. The number of nitro benzene ring substituents is 1. The number of rotatable bonds is 4. The van der Waals surface area contributed by atoms with Crippen LogP contribution in [-0.2, 0) is 0 Å². The van der Waals surface area contributed by atoms with Gasteiger partial charge < -0.3 is 10.5 Å². The summed E-state index contributed by atoms with van der Waals surface area (Å²) >= 11 is 0. The van der Waals surface area contributed by atoms with Crippen molar-refractivity contribution in [2.45, 2.75) is 0 Å². The van der Waals surface area contributed by atoms with Crippen LogP contribution in [0.3, 0.4) is 0 Å². The number of nitrogens with two attached hydrogens (primary N) is 1. The summed E-state index contributed by atoms with van der Waals surface area (Å²) in [6.07, 6.45) is 0. The molecule has 0 fully saturated rings. The smallest absolute Gasteiger partial charge is 0.305 e. The summed E-state index contributed by atoms with van der Waals surface area (Å²) < 4.78 is 32.2. The Morgan fingerprint density at radius 3 is 2.43 bits per heavy atom. The zero-order valence-electron chi connectivity index (χ0n) is 10.5. The van der Waals surface area contributed by atoms with Gasteiger partial charge in [-0.15, -0.1) is 0 Å². The second-order valence-corrected chi connectivity index (χ2v) is 4.03. The van der Waals surface area contributed by atoms with Crippen LogP contribution < -0.4 is 10.5 Å². The van der Waals surface area contributed by atoms with Crippen LogP contribution >= 0.6 is 0 Å². The van der Waals surface area contributed by atoms with Crippen LogP contribution in [0.25, 0.3) is 0 Å². The number of nitrogen functional groups attached to an aromatic ring is 1. The predicted octanol–water partition coefficient (Wildman–Crippen LogP) is 2.95. The maximum atomic E-state index is 13.7. The Labute approximate surface area is 117 Å². The number of benzene rings is 2. The molecule has 8 heteroatoms. The van der Waals surface area contributed by atoms with Crippen LogP contribution in [0.4, 0.5) is 14.5 Å². The van der Waals surface area contributed by atoms with E-state index in [-0.39, 0.29) is 22.9 Å². The summed E-state index contributed by atoms with van der Waals surface area (Å²) in [7, 11) is 0. The number of nitrogens with one attached hydrogen (secondary N) is 1. The summed E-state index contributed by atoms with van der Waals surface area (Å²) in [5.74, 6) is -2.48. The Morgan fingerprint density at radius 1 is 1.19 bits per heavy atom. The maximum Gasteiger partial charge on any atom is 0.305 e. The first-order chi connectivity index (χ1) is 9.88. The fourth-order valence-electron chi connectivity index (χ4n) is 1.58. The minimum Gasteiger partial charge on any atom is -0.454 e. The second kappa shape index (κ2) is 5.53. The molecule has 0 aliphatic heterocycles. The Bertz CT molecular complexity index is 735. The van der Waals surface area contributed by atoms with Crippen molar-refractivity contribution in [3.8, 4) is 11.5 Å². The molecule has 0 amide bonds. The van der Waals surface area contributed by atoms with E-state index in [2.05, 4.69) is 0 Å². The van der Waals surface area contributed by atoms with E-state index in [0.29, 0.717) is 0 Å². The highest BCUT2D eigenvalue weighted by molar-refractivity contribution is 5.95. The molecule has 3 N–H and O–H groups in total. The third-order valence-corrected chi connectivity index (χ3v) is 2.59. The van der Waals surface area contributed by atoms with Gasteiger partial charge in [0.15, 0.2) is 11.6 Å². The van der Waals surface area contributed by atoms with Gasteiger partial charge in [0.1, 0.15) is 11.6 Å². The Hall–Kier alpha value is -3.03. The monoisotopic (exact) mass is 293 g/mol. The first-order valence-electron chi connectivity index (χ1n) is 5.64. The largest absolute Gasteiger partial charge is 0.454 e. The molecule has 0 unspecified atom stereocenters. The number of hydrogen-bond acceptors (Lipinski definition) is 4. The number of halogens is 2. The number of hydrogen-bond donors (Lipinski definition) is 2. The highest BCUT2D eigenvalue weighted by Gasteiger charge is 2.15. The van der Waals surface area contributed by atoms with Gasteiger partial charge in [0.05, 0.1) is 4.92 Å². The lowest BCUT2D eigenvalue weighted by atomic mass is 10.2. The van der Waals surface area contributed by atoms with Crippen LogP contribution in [0.1, 0.15) is 5.56 Å². The molecule has 0 radical (unpaired) electrons. The van der Waals surface area contributed by atoms with Gasteiger partial charge in [-0.1, -0.05) is 0 Å². The average molecular weight is 293 g/mol.